The van der Waals surface area contributed by atoms with Crippen molar-refractivity contribution in [2.75, 3.05) is 18.8 Å². The standard InChI is InChI=1S/C11H15F2N3O3S/c1-2-3-15-11(17)6-16-20(18,19)10-5-9(14)7(12)4-8(10)13/h4-5,16H,2-3,6,14H2,1H3,(H,15,17). The van der Waals surface area contributed by atoms with Gasteiger partial charge in [-0.2, -0.15) is 0 Å². The molecule has 0 saturated carbocycles. The van der Waals surface area contributed by atoms with Crippen LogP contribution in [0.15, 0.2) is 17.0 Å². The van der Waals surface area contributed by atoms with Gasteiger partial charge in [-0.1, -0.05) is 6.92 Å². The Labute approximate surface area is 115 Å². The number of hydrogen-bond acceptors (Lipinski definition) is 4. The summed E-state index contributed by atoms with van der Waals surface area (Å²) in [5, 5.41) is 2.45. The highest BCUT2D eigenvalue weighted by Crippen LogP contribution is 2.20. The number of hydrogen-bond donors (Lipinski definition) is 3. The minimum atomic E-state index is -4.28. The zero-order chi connectivity index (χ0) is 15.3. The molecule has 0 spiro atoms. The molecule has 1 aromatic rings. The van der Waals surface area contributed by atoms with Crippen LogP contribution >= 0.6 is 0 Å². The fraction of sp³-hybridized carbons (Fsp3) is 0.364. The number of amides is 1. The molecule has 1 aromatic carbocycles. The fourth-order valence-corrected chi connectivity index (χ4v) is 2.39. The van der Waals surface area contributed by atoms with E-state index in [9.17, 15) is 22.0 Å². The Balaban J connectivity index is 2.84. The number of carbonyl (C=O) groups is 1. The molecule has 0 bridgehead atoms. The molecular formula is C11H15F2N3O3S. The number of benzene rings is 1. The third-order valence-electron chi connectivity index (χ3n) is 2.34. The number of halogens is 2. The first-order chi connectivity index (χ1) is 9.27. The lowest BCUT2D eigenvalue weighted by molar-refractivity contribution is -0.119. The number of anilines is 1. The molecule has 1 amide bonds. The molecule has 0 radical (unpaired) electrons. The van der Waals surface area contributed by atoms with Gasteiger partial charge in [0.15, 0.2) is 0 Å². The van der Waals surface area contributed by atoms with Crippen LogP contribution in [0.2, 0.25) is 0 Å². The summed E-state index contributed by atoms with van der Waals surface area (Å²) in [4.78, 5) is 10.5. The third-order valence-corrected chi connectivity index (χ3v) is 3.75. The van der Waals surface area contributed by atoms with Crippen LogP contribution < -0.4 is 15.8 Å². The zero-order valence-corrected chi connectivity index (χ0v) is 11.6. The van der Waals surface area contributed by atoms with Crippen LogP contribution in [-0.4, -0.2) is 27.4 Å². The predicted octanol–water partition coefficient (Wildman–Crippen LogP) is 0.352. The van der Waals surface area contributed by atoms with Crippen molar-refractivity contribution < 1.29 is 22.0 Å². The quantitative estimate of drug-likeness (QED) is 0.660. The summed E-state index contributed by atoms with van der Waals surface area (Å²) < 4.78 is 51.9. The SMILES string of the molecule is CCCNC(=O)CNS(=O)(=O)c1cc(N)c(F)cc1F. The second kappa shape index (κ2) is 6.62. The molecule has 0 saturated heterocycles. The first-order valence-electron chi connectivity index (χ1n) is 5.78. The molecule has 112 valence electrons. The molecule has 0 heterocycles. The first-order valence-corrected chi connectivity index (χ1v) is 7.27. The van der Waals surface area contributed by atoms with Crippen LogP contribution in [0.3, 0.4) is 0 Å². The molecule has 0 unspecified atom stereocenters. The minimum Gasteiger partial charge on any atom is -0.396 e. The van der Waals surface area contributed by atoms with Crippen molar-refractivity contribution in [1.82, 2.24) is 10.0 Å². The molecule has 0 aromatic heterocycles. The van der Waals surface area contributed by atoms with E-state index in [1.165, 1.54) is 0 Å². The Morgan fingerprint density at radius 3 is 2.55 bits per heavy atom. The van der Waals surface area contributed by atoms with Gasteiger partial charge in [-0.3, -0.25) is 4.79 Å². The van der Waals surface area contributed by atoms with Crippen LogP contribution in [0.5, 0.6) is 0 Å². The van der Waals surface area contributed by atoms with Gasteiger partial charge in [0.25, 0.3) is 0 Å². The molecule has 0 fully saturated rings. The molecule has 20 heavy (non-hydrogen) atoms. The summed E-state index contributed by atoms with van der Waals surface area (Å²) in [5.74, 6) is -2.88. The molecule has 1 rings (SSSR count). The van der Waals surface area contributed by atoms with Crippen molar-refractivity contribution >= 4 is 21.6 Å². The van der Waals surface area contributed by atoms with E-state index in [0.717, 1.165) is 0 Å². The molecule has 0 aliphatic carbocycles. The maximum Gasteiger partial charge on any atom is 0.244 e. The molecule has 6 nitrogen and oxygen atoms in total. The van der Waals surface area contributed by atoms with Crippen molar-refractivity contribution in [3.63, 3.8) is 0 Å². The molecule has 4 N–H and O–H groups in total. The van der Waals surface area contributed by atoms with E-state index in [0.29, 0.717) is 25.1 Å². The lowest BCUT2D eigenvalue weighted by Crippen LogP contribution is -2.37. The van der Waals surface area contributed by atoms with Gasteiger partial charge in [0, 0.05) is 12.6 Å². The van der Waals surface area contributed by atoms with E-state index < -0.39 is 44.7 Å². The highest BCUT2D eigenvalue weighted by molar-refractivity contribution is 7.89. The Hall–Kier alpha value is -1.74. The van der Waals surface area contributed by atoms with Gasteiger partial charge in [0.05, 0.1) is 12.2 Å². The third kappa shape index (κ3) is 4.14. The highest BCUT2D eigenvalue weighted by Gasteiger charge is 2.21. The van der Waals surface area contributed by atoms with Crippen LogP contribution in [0, 0.1) is 11.6 Å². The van der Waals surface area contributed by atoms with Crippen LogP contribution in [0.25, 0.3) is 0 Å². The van der Waals surface area contributed by atoms with Gasteiger partial charge in [0.2, 0.25) is 15.9 Å². The largest absolute Gasteiger partial charge is 0.396 e. The smallest absolute Gasteiger partial charge is 0.244 e. The highest BCUT2D eigenvalue weighted by atomic mass is 32.2. The van der Waals surface area contributed by atoms with Gasteiger partial charge in [-0.05, 0) is 12.5 Å². The summed E-state index contributed by atoms with van der Waals surface area (Å²) in [5.41, 5.74) is 4.70. The second-order valence-corrected chi connectivity index (χ2v) is 5.71. The van der Waals surface area contributed by atoms with Crippen LogP contribution in [0.1, 0.15) is 13.3 Å². The first kappa shape index (κ1) is 16.3. The summed E-state index contributed by atoms with van der Waals surface area (Å²) in [6.07, 6.45) is 0.696. The van der Waals surface area contributed by atoms with Gasteiger partial charge in [-0.15, -0.1) is 0 Å². The Morgan fingerprint density at radius 1 is 1.30 bits per heavy atom. The Morgan fingerprint density at radius 2 is 1.95 bits per heavy atom. The Bertz CT molecular complexity index is 605. The monoisotopic (exact) mass is 307 g/mol. The van der Waals surface area contributed by atoms with Crippen LogP contribution in [0.4, 0.5) is 14.5 Å². The van der Waals surface area contributed by atoms with E-state index >= 15 is 0 Å². The number of sulfonamides is 1. The van der Waals surface area contributed by atoms with E-state index in [4.69, 9.17) is 5.73 Å². The van der Waals surface area contributed by atoms with E-state index in [1.807, 2.05) is 11.6 Å². The number of carbonyl (C=O) groups excluding carboxylic acids is 1. The minimum absolute atomic E-state index is 0.376. The molecular weight excluding hydrogens is 292 g/mol. The molecule has 9 heteroatoms. The lowest BCUT2D eigenvalue weighted by atomic mass is 10.3. The maximum atomic E-state index is 13.4. The summed E-state index contributed by atoms with van der Waals surface area (Å²) in [6, 6.07) is 1.04. The lowest BCUT2D eigenvalue weighted by Gasteiger charge is -2.09. The van der Waals surface area contributed by atoms with E-state index in [1.54, 1.807) is 0 Å². The molecule has 0 aliphatic heterocycles. The average molecular weight is 307 g/mol. The van der Waals surface area contributed by atoms with Crippen LogP contribution in [-0.2, 0) is 14.8 Å². The number of rotatable bonds is 6. The van der Waals surface area contributed by atoms with Crippen molar-refractivity contribution in [2.45, 2.75) is 18.2 Å². The number of nitrogens with two attached hydrogens (primary N) is 1. The predicted molar refractivity (Wildman–Crippen MR) is 69.3 cm³/mol. The van der Waals surface area contributed by atoms with E-state index in [2.05, 4.69) is 5.32 Å². The summed E-state index contributed by atoms with van der Waals surface area (Å²) in [6.45, 7) is 1.69. The maximum absolute atomic E-state index is 13.4. The average Bonchev–Trinajstić information content (AvgIpc) is 2.38. The molecule has 0 aliphatic rings. The van der Waals surface area contributed by atoms with Gasteiger partial charge < -0.3 is 11.1 Å². The number of nitrogen functional groups attached to an aromatic ring is 1. The second-order valence-electron chi connectivity index (χ2n) is 3.98. The van der Waals surface area contributed by atoms with Gasteiger partial charge in [0.1, 0.15) is 16.5 Å². The van der Waals surface area contributed by atoms with Gasteiger partial charge >= 0.3 is 0 Å². The Kier molecular flexibility index (Phi) is 5.40. The van der Waals surface area contributed by atoms with Crippen molar-refractivity contribution in [3.8, 4) is 0 Å². The van der Waals surface area contributed by atoms with Crippen molar-refractivity contribution in [3.05, 3.63) is 23.8 Å². The van der Waals surface area contributed by atoms with Crippen molar-refractivity contribution in [1.29, 1.82) is 0 Å². The van der Waals surface area contributed by atoms with Crippen molar-refractivity contribution in [2.24, 2.45) is 0 Å². The number of nitrogens with one attached hydrogen (secondary N) is 2. The topological polar surface area (TPSA) is 101 Å². The van der Waals surface area contributed by atoms with E-state index in [-0.39, 0.29) is 0 Å². The zero-order valence-electron chi connectivity index (χ0n) is 10.7. The molecule has 0 atom stereocenters. The summed E-state index contributed by atoms with van der Waals surface area (Å²) >= 11 is 0. The fourth-order valence-electron chi connectivity index (χ4n) is 1.32. The van der Waals surface area contributed by atoms with Gasteiger partial charge in [-0.25, -0.2) is 21.9 Å². The summed E-state index contributed by atoms with van der Waals surface area (Å²) in [7, 11) is -4.28. The normalized spacial score (nSPS) is 11.3.